The van der Waals surface area contributed by atoms with Crippen LogP contribution >= 0.6 is 0 Å². The highest BCUT2D eigenvalue weighted by Gasteiger charge is 2.49. The first kappa shape index (κ1) is 24.9. The lowest BCUT2D eigenvalue weighted by Gasteiger charge is -2.35. The predicted octanol–water partition coefficient (Wildman–Crippen LogP) is 3.44. The molecule has 8 nitrogen and oxygen atoms in total. The lowest BCUT2D eigenvalue weighted by molar-refractivity contribution is -0.132. The van der Waals surface area contributed by atoms with Crippen LogP contribution in [0.5, 0.6) is 0 Å². The van der Waals surface area contributed by atoms with Crippen LogP contribution in [0.2, 0.25) is 0 Å². The highest BCUT2D eigenvalue weighted by atomic mass is 16.2. The quantitative estimate of drug-likeness (QED) is 0.508. The van der Waals surface area contributed by atoms with Crippen molar-refractivity contribution in [2.45, 2.75) is 26.3 Å². The molecule has 5 rings (SSSR count). The molecule has 2 fully saturated rings. The summed E-state index contributed by atoms with van der Waals surface area (Å²) in [7, 11) is 0. The van der Waals surface area contributed by atoms with E-state index in [4.69, 9.17) is 0 Å². The number of piperazine rings is 1. The molecule has 1 atom stereocenters. The maximum Gasteiger partial charge on any atom is 0.326 e. The van der Waals surface area contributed by atoms with Crippen LogP contribution in [-0.2, 0) is 15.1 Å². The minimum atomic E-state index is -1.10. The van der Waals surface area contributed by atoms with Crippen LogP contribution in [0.4, 0.5) is 10.5 Å². The van der Waals surface area contributed by atoms with E-state index in [1.165, 1.54) is 4.90 Å². The number of urea groups is 1. The van der Waals surface area contributed by atoms with Gasteiger partial charge in [0.2, 0.25) is 5.91 Å². The number of carbonyl (C=O) groups is 3. The number of benzene rings is 3. The summed E-state index contributed by atoms with van der Waals surface area (Å²) in [5, 5.41) is 8.04. The Kier molecular flexibility index (Phi) is 6.70. The van der Waals surface area contributed by atoms with Crippen molar-refractivity contribution in [1.29, 1.82) is 0 Å². The van der Waals surface area contributed by atoms with Crippen molar-refractivity contribution in [3.8, 4) is 0 Å². The van der Waals surface area contributed by atoms with Gasteiger partial charge in [0.05, 0.1) is 13.2 Å². The molecule has 2 N–H and O–H groups in total. The molecule has 2 aliphatic rings. The van der Waals surface area contributed by atoms with Crippen LogP contribution in [-0.4, -0.2) is 71.9 Å². The van der Waals surface area contributed by atoms with Gasteiger partial charge in [-0.3, -0.25) is 19.4 Å². The maximum atomic E-state index is 13.4. The van der Waals surface area contributed by atoms with E-state index >= 15 is 0 Å². The van der Waals surface area contributed by atoms with Crippen LogP contribution in [0.25, 0.3) is 10.8 Å². The smallest absolute Gasteiger partial charge is 0.325 e. The minimum Gasteiger partial charge on any atom is -0.325 e. The van der Waals surface area contributed by atoms with Crippen molar-refractivity contribution in [3.05, 3.63) is 77.4 Å². The third-order valence-electron chi connectivity index (χ3n) is 7.65. The number of nitrogens with zero attached hydrogens (tertiary/aromatic N) is 3. The third kappa shape index (κ3) is 4.95. The molecule has 0 unspecified atom stereocenters. The standard InChI is InChI=1S/C29H33N5O3/c1-20-7-6-10-25(21(20)2)30-26(35)18-32-13-15-33(16-14-32)19-34-27(36)29(3,31-28(34)37)24-12-11-22-8-4-5-9-23(22)17-24/h4-12,17H,13-16,18-19H2,1-3H3,(H,30,35)(H,31,37)/t29-/m0/s1. The normalized spacial score (nSPS) is 20.9. The molecule has 0 aliphatic carbocycles. The molecule has 2 heterocycles. The molecule has 0 saturated carbocycles. The van der Waals surface area contributed by atoms with Crippen molar-refractivity contribution in [1.82, 2.24) is 20.0 Å². The second-order valence-electron chi connectivity index (χ2n) is 10.2. The van der Waals surface area contributed by atoms with E-state index < -0.39 is 5.54 Å². The van der Waals surface area contributed by atoms with E-state index in [1.807, 2.05) is 74.5 Å². The first-order valence-corrected chi connectivity index (χ1v) is 12.7. The first-order chi connectivity index (χ1) is 17.7. The van der Waals surface area contributed by atoms with Gasteiger partial charge in [0.25, 0.3) is 5.91 Å². The number of nitrogens with one attached hydrogen (secondary N) is 2. The Morgan fingerprint density at radius 1 is 0.919 bits per heavy atom. The first-order valence-electron chi connectivity index (χ1n) is 12.7. The zero-order valence-electron chi connectivity index (χ0n) is 21.6. The fraction of sp³-hybridized carbons (Fsp3) is 0.345. The summed E-state index contributed by atoms with van der Waals surface area (Å²) in [6.45, 7) is 9.05. The number of imide groups is 1. The topological polar surface area (TPSA) is 85.0 Å². The number of hydrogen-bond acceptors (Lipinski definition) is 5. The van der Waals surface area contributed by atoms with Gasteiger partial charge in [-0.2, -0.15) is 0 Å². The van der Waals surface area contributed by atoms with Crippen molar-refractivity contribution in [2.75, 3.05) is 44.7 Å². The number of rotatable bonds is 6. The molecule has 2 aliphatic heterocycles. The van der Waals surface area contributed by atoms with Crippen molar-refractivity contribution in [2.24, 2.45) is 0 Å². The Labute approximate surface area is 217 Å². The van der Waals surface area contributed by atoms with Gasteiger partial charge in [0, 0.05) is 31.9 Å². The lowest BCUT2D eigenvalue weighted by Crippen LogP contribution is -2.52. The summed E-state index contributed by atoms with van der Waals surface area (Å²) in [5.41, 5.74) is 2.73. The van der Waals surface area contributed by atoms with Gasteiger partial charge in [-0.1, -0.05) is 48.5 Å². The Morgan fingerprint density at radius 2 is 1.62 bits per heavy atom. The second kappa shape index (κ2) is 9.95. The molecule has 0 bridgehead atoms. The molecular weight excluding hydrogens is 466 g/mol. The highest BCUT2D eigenvalue weighted by molar-refractivity contribution is 6.07. The summed E-state index contributed by atoms with van der Waals surface area (Å²) in [4.78, 5) is 44.4. The van der Waals surface area contributed by atoms with Crippen LogP contribution in [0.3, 0.4) is 0 Å². The summed E-state index contributed by atoms with van der Waals surface area (Å²) in [5.74, 6) is -0.287. The summed E-state index contributed by atoms with van der Waals surface area (Å²) in [6.07, 6.45) is 0. The Hall–Kier alpha value is -3.75. The predicted molar refractivity (Wildman–Crippen MR) is 144 cm³/mol. The molecule has 3 aromatic rings. The van der Waals surface area contributed by atoms with Crippen LogP contribution < -0.4 is 10.6 Å². The summed E-state index contributed by atoms with van der Waals surface area (Å²) < 4.78 is 0. The molecular formula is C29H33N5O3. The minimum absolute atomic E-state index is 0.0394. The summed E-state index contributed by atoms with van der Waals surface area (Å²) in [6, 6.07) is 19.3. The fourth-order valence-electron chi connectivity index (χ4n) is 5.09. The number of hydrogen-bond donors (Lipinski definition) is 2. The monoisotopic (exact) mass is 499 g/mol. The average molecular weight is 500 g/mol. The van der Waals surface area contributed by atoms with E-state index in [0.717, 1.165) is 33.2 Å². The number of anilines is 1. The largest absolute Gasteiger partial charge is 0.326 e. The molecule has 4 amide bonds. The van der Waals surface area contributed by atoms with E-state index in [2.05, 4.69) is 20.4 Å². The molecule has 0 aromatic heterocycles. The second-order valence-corrected chi connectivity index (χ2v) is 10.2. The average Bonchev–Trinajstić information content (AvgIpc) is 3.11. The van der Waals surface area contributed by atoms with Gasteiger partial charge >= 0.3 is 6.03 Å². The van der Waals surface area contributed by atoms with Gasteiger partial charge < -0.3 is 10.6 Å². The lowest BCUT2D eigenvalue weighted by atomic mass is 9.90. The number of fused-ring (bicyclic) bond motifs is 1. The van der Waals surface area contributed by atoms with E-state index in [0.29, 0.717) is 32.7 Å². The Balaban J connectivity index is 1.17. The van der Waals surface area contributed by atoms with Crippen LogP contribution in [0.15, 0.2) is 60.7 Å². The Bertz CT molecular complexity index is 1360. The van der Waals surface area contributed by atoms with Crippen LogP contribution in [0, 0.1) is 13.8 Å². The maximum absolute atomic E-state index is 13.4. The van der Waals surface area contributed by atoms with E-state index in [9.17, 15) is 14.4 Å². The summed E-state index contributed by atoms with van der Waals surface area (Å²) >= 11 is 0. The van der Waals surface area contributed by atoms with Crippen molar-refractivity contribution >= 4 is 34.3 Å². The van der Waals surface area contributed by atoms with E-state index in [-0.39, 0.29) is 24.5 Å². The molecule has 192 valence electrons. The SMILES string of the molecule is Cc1cccc(NC(=O)CN2CCN(CN3C(=O)N[C@@](C)(c4ccc5ccccc5c4)C3=O)CC2)c1C. The molecule has 3 aromatic carbocycles. The van der Waals surface area contributed by atoms with Gasteiger partial charge in [-0.05, 0) is 60.4 Å². The zero-order chi connectivity index (χ0) is 26.2. The van der Waals surface area contributed by atoms with Crippen LogP contribution in [0.1, 0.15) is 23.6 Å². The van der Waals surface area contributed by atoms with Gasteiger partial charge in [-0.25, -0.2) is 9.69 Å². The number of amides is 4. The Morgan fingerprint density at radius 3 is 2.38 bits per heavy atom. The van der Waals surface area contributed by atoms with Crippen molar-refractivity contribution < 1.29 is 14.4 Å². The number of carbonyl (C=O) groups excluding carboxylic acids is 3. The molecule has 0 radical (unpaired) electrons. The molecule has 2 saturated heterocycles. The molecule has 8 heteroatoms. The molecule has 37 heavy (non-hydrogen) atoms. The van der Waals surface area contributed by atoms with Gasteiger partial charge in [0.15, 0.2) is 0 Å². The van der Waals surface area contributed by atoms with Crippen molar-refractivity contribution in [3.63, 3.8) is 0 Å². The number of aryl methyl sites for hydroxylation is 1. The third-order valence-corrected chi connectivity index (χ3v) is 7.65. The van der Waals surface area contributed by atoms with Gasteiger partial charge in [-0.15, -0.1) is 0 Å². The van der Waals surface area contributed by atoms with Gasteiger partial charge in [0.1, 0.15) is 5.54 Å². The highest BCUT2D eigenvalue weighted by Crippen LogP contribution is 2.31. The van der Waals surface area contributed by atoms with E-state index in [1.54, 1.807) is 6.92 Å². The fourth-order valence-corrected chi connectivity index (χ4v) is 5.09. The molecule has 0 spiro atoms. The zero-order valence-corrected chi connectivity index (χ0v) is 21.6.